The Morgan fingerprint density at radius 2 is 1.56 bits per heavy atom. The van der Waals surface area contributed by atoms with Crippen LogP contribution in [0, 0.1) is 37.5 Å². The highest BCUT2D eigenvalue weighted by Gasteiger charge is 2.70. The van der Waals surface area contributed by atoms with Gasteiger partial charge < -0.3 is 9.84 Å². The number of hydrazine groups is 1. The maximum Gasteiger partial charge on any atom is 0.260 e. The van der Waals surface area contributed by atoms with E-state index in [-0.39, 0.29) is 29.0 Å². The van der Waals surface area contributed by atoms with Crippen molar-refractivity contribution in [1.82, 2.24) is 5.01 Å². The summed E-state index contributed by atoms with van der Waals surface area (Å²) in [5, 5.41) is 12.6. The lowest BCUT2D eigenvalue weighted by atomic mass is 9.49. The molecule has 6 atom stereocenters. The first-order valence-electron chi connectivity index (χ1n) is 18.1. The fourth-order valence-electron chi connectivity index (χ4n) is 9.51. The van der Waals surface area contributed by atoms with E-state index in [1.165, 1.54) is 11.0 Å². The van der Waals surface area contributed by atoms with Crippen molar-refractivity contribution in [3.8, 4) is 11.5 Å². The molecule has 0 spiro atoms. The minimum absolute atomic E-state index is 0.134. The van der Waals surface area contributed by atoms with Crippen molar-refractivity contribution in [3.63, 3.8) is 0 Å². The molecular weight excluding hydrogens is 725 g/mol. The van der Waals surface area contributed by atoms with E-state index >= 15 is 4.79 Å². The number of imide groups is 2. The zero-order valence-corrected chi connectivity index (χ0v) is 31.7. The molecule has 3 fully saturated rings. The third kappa shape index (κ3) is 5.27. The van der Waals surface area contributed by atoms with Crippen LogP contribution in [0.15, 0.2) is 90.5 Å². The average Bonchev–Trinajstić information content (AvgIpc) is 3.55. The number of fused-ring (bicyclic) bond motifs is 4. The van der Waals surface area contributed by atoms with Crippen LogP contribution in [0.25, 0.3) is 0 Å². The number of rotatable bonds is 7. The van der Waals surface area contributed by atoms with Crippen molar-refractivity contribution in [2.75, 3.05) is 17.4 Å². The Morgan fingerprint density at radius 1 is 0.870 bits per heavy atom. The van der Waals surface area contributed by atoms with Gasteiger partial charge in [-0.3, -0.25) is 29.5 Å². The van der Waals surface area contributed by atoms with E-state index < -0.39 is 46.8 Å². The number of carbonyl (C=O) groups excluding carboxylic acids is 4. The van der Waals surface area contributed by atoms with Crippen LogP contribution in [0.1, 0.15) is 53.5 Å². The van der Waals surface area contributed by atoms with Crippen LogP contribution in [0.3, 0.4) is 0 Å². The van der Waals surface area contributed by atoms with Crippen molar-refractivity contribution < 1.29 is 29.0 Å². The topological polar surface area (TPSA) is 116 Å². The van der Waals surface area contributed by atoms with Gasteiger partial charge >= 0.3 is 0 Å². The normalized spacial score (nSPS) is 26.0. The van der Waals surface area contributed by atoms with Crippen LogP contribution in [0.4, 0.5) is 11.4 Å². The van der Waals surface area contributed by atoms with Crippen LogP contribution in [-0.2, 0) is 31.0 Å². The number of nitrogens with one attached hydrogen (secondary N) is 1. The molecule has 4 aromatic rings. The van der Waals surface area contributed by atoms with E-state index in [1.54, 1.807) is 45.2 Å². The lowest BCUT2D eigenvalue weighted by Gasteiger charge is -2.50. The standard InChI is InChI=1S/C43H39Cl2N3O6/c1-5-24-6-11-28(12-7-24)47-39(50)31-16-15-30-32(36(31)41(47)52)21-33-40(51)48(46-35-17-10-27(44)20-34(35)45)42(53)43(33,26-8-13-29(54-4)14-9-26)37(30)25-18-22(2)38(49)23(3)19-25/h6-15,17-20,31-33,36-37,46,49H,5,16,21H2,1-4H3/t31-,32+,33-,36-,37-,43+/m0/s1. The third-order valence-corrected chi connectivity index (χ3v) is 12.6. The number of halogens is 2. The van der Waals surface area contributed by atoms with Crippen LogP contribution in [-0.4, -0.2) is 40.9 Å². The van der Waals surface area contributed by atoms with Crippen LogP contribution < -0.4 is 15.1 Å². The first kappa shape index (κ1) is 35.9. The van der Waals surface area contributed by atoms with Crippen LogP contribution in [0.5, 0.6) is 11.5 Å². The summed E-state index contributed by atoms with van der Waals surface area (Å²) < 4.78 is 5.49. The SMILES string of the molecule is CCc1ccc(N2C(=O)[C@H]3[C@H](CC=C4[C@H]3C[C@H]3C(=O)N(Nc5ccc(Cl)cc5Cl)C(=O)[C@@]3(c3ccc(OC)cc3)[C@H]4c3cc(C)c(O)c(C)c3)C2=O)cc1. The lowest BCUT2D eigenvalue weighted by Crippen LogP contribution is -2.53. The van der Waals surface area contributed by atoms with Crippen LogP contribution in [0.2, 0.25) is 10.0 Å². The average molecular weight is 765 g/mol. The fourth-order valence-corrected chi connectivity index (χ4v) is 9.96. The second-order valence-corrected chi connectivity index (χ2v) is 15.6. The number of hydrogen-bond donors (Lipinski definition) is 2. The monoisotopic (exact) mass is 763 g/mol. The number of aromatic hydroxyl groups is 1. The van der Waals surface area contributed by atoms with Crippen LogP contribution >= 0.6 is 23.2 Å². The summed E-state index contributed by atoms with van der Waals surface area (Å²) >= 11 is 12.8. The maximum absolute atomic E-state index is 15.5. The molecule has 9 nitrogen and oxygen atoms in total. The molecule has 4 amide bonds. The number of phenolic OH excluding ortho intramolecular Hbond substituents is 1. The number of benzene rings is 4. The molecule has 2 saturated heterocycles. The van der Waals surface area contributed by atoms with Gasteiger partial charge in [-0.05, 0) is 109 Å². The van der Waals surface area contributed by atoms with E-state index in [2.05, 4.69) is 5.43 Å². The van der Waals surface area contributed by atoms with Gasteiger partial charge in [0.2, 0.25) is 11.8 Å². The highest BCUT2D eigenvalue weighted by molar-refractivity contribution is 6.36. The molecule has 2 N–H and O–H groups in total. The van der Waals surface area contributed by atoms with Gasteiger partial charge in [0.05, 0.1) is 46.7 Å². The number of hydrogen-bond acceptors (Lipinski definition) is 7. The molecule has 11 heteroatoms. The van der Waals surface area contributed by atoms with E-state index in [1.807, 2.05) is 61.5 Å². The smallest absolute Gasteiger partial charge is 0.260 e. The first-order chi connectivity index (χ1) is 25.9. The molecule has 2 heterocycles. The number of amides is 4. The minimum Gasteiger partial charge on any atom is -0.507 e. The molecular formula is C43H39Cl2N3O6. The molecule has 2 aliphatic carbocycles. The Labute approximate surface area is 323 Å². The Balaban J connectivity index is 1.33. The second kappa shape index (κ2) is 13.3. The summed E-state index contributed by atoms with van der Waals surface area (Å²) in [6.45, 7) is 5.64. The number of aryl methyl sites for hydroxylation is 3. The number of carbonyl (C=O) groups is 4. The summed E-state index contributed by atoms with van der Waals surface area (Å²) in [6, 6.07) is 23.1. The lowest BCUT2D eigenvalue weighted by molar-refractivity contribution is -0.138. The number of methoxy groups -OCH3 is 1. The molecule has 0 radical (unpaired) electrons. The number of nitrogens with zero attached hydrogens (tertiary/aromatic N) is 2. The second-order valence-electron chi connectivity index (χ2n) is 14.7. The number of ether oxygens (including phenoxy) is 1. The third-order valence-electron chi connectivity index (χ3n) is 12.0. The zero-order chi connectivity index (χ0) is 38.2. The fraction of sp³-hybridized carbons (Fsp3) is 0.302. The highest BCUT2D eigenvalue weighted by Crippen LogP contribution is 2.64. The molecule has 54 heavy (non-hydrogen) atoms. The van der Waals surface area contributed by atoms with Gasteiger partial charge in [-0.15, -0.1) is 0 Å². The van der Waals surface area contributed by atoms with E-state index in [4.69, 9.17) is 27.9 Å². The minimum atomic E-state index is -1.50. The largest absolute Gasteiger partial charge is 0.507 e. The number of phenols is 1. The molecule has 0 bridgehead atoms. The Hall–Kier alpha value is -5.12. The number of anilines is 2. The van der Waals surface area contributed by atoms with Gasteiger partial charge in [0.25, 0.3) is 11.8 Å². The van der Waals surface area contributed by atoms with E-state index in [0.717, 1.165) is 22.6 Å². The molecule has 1 saturated carbocycles. The number of allylic oxidation sites excluding steroid dienone is 2. The highest BCUT2D eigenvalue weighted by atomic mass is 35.5. The first-order valence-corrected chi connectivity index (χ1v) is 18.9. The maximum atomic E-state index is 15.5. The molecule has 8 rings (SSSR count). The molecule has 4 aliphatic rings. The van der Waals surface area contributed by atoms with Gasteiger partial charge in [-0.2, -0.15) is 5.01 Å². The quantitative estimate of drug-likeness (QED) is 0.145. The summed E-state index contributed by atoms with van der Waals surface area (Å²) in [7, 11) is 1.56. The molecule has 2 aliphatic heterocycles. The zero-order valence-electron chi connectivity index (χ0n) is 30.2. The predicted molar refractivity (Wildman–Crippen MR) is 207 cm³/mol. The van der Waals surface area contributed by atoms with Crippen molar-refractivity contribution in [3.05, 3.63) is 128 Å². The van der Waals surface area contributed by atoms with Gasteiger partial charge in [0, 0.05) is 10.9 Å². The molecule has 0 aromatic heterocycles. The molecule has 4 aromatic carbocycles. The van der Waals surface area contributed by atoms with Gasteiger partial charge in [0.15, 0.2) is 0 Å². The summed E-state index contributed by atoms with van der Waals surface area (Å²) in [4.78, 5) is 60.5. The Bertz CT molecular complexity index is 2250. The summed E-state index contributed by atoms with van der Waals surface area (Å²) in [5.74, 6) is -4.44. The summed E-state index contributed by atoms with van der Waals surface area (Å²) in [6.07, 6.45) is 3.28. The molecule has 276 valence electrons. The Morgan fingerprint density at radius 3 is 2.19 bits per heavy atom. The van der Waals surface area contributed by atoms with Gasteiger partial charge in [0.1, 0.15) is 11.5 Å². The predicted octanol–water partition coefficient (Wildman–Crippen LogP) is 8.08. The summed E-state index contributed by atoms with van der Waals surface area (Å²) in [5.41, 5.74) is 6.80. The van der Waals surface area contributed by atoms with Crippen molar-refractivity contribution in [2.24, 2.45) is 23.7 Å². The molecule has 0 unspecified atom stereocenters. The van der Waals surface area contributed by atoms with E-state index in [9.17, 15) is 19.5 Å². The Kier molecular flexibility index (Phi) is 8.85. The van der Waals surface area contributed by atoms with E-state index in [0.29, 0.717) is 50.8 Å². The van der Waals surface area contributed by atoms with Crippen molar-refractivity contribution >= 4 is 58.2 Å². The van der Waals surface area contributed by atoms with Gasteiger partial charge in [-0.25, -0.2) is 0 Å². The van der Waals surface area contributed by atoms with Gasteiger partial charge in [-0.1, -0.05) is 78.2 Å². The van der Waals surface area contributed by atoms with Crippen molar-refractivity contribution in [1.29, 1.82) is 0 Å². The van der Waals surface area contributed by atoms with Crippen molar-refractivity contribution in [2.45, 2.75) is 51.4 Å².